The third-order valence-corrected chi connectivity index (χ3v) is 2.56. The van der Waals surface area contributed by atoms with Crippen LogP contribution in [0.4, 0.5) is 17.6 Å². The highest BCUT2D eigenvalue weighted by atomic mass is 19.4. The topological polar surface area (TPSA) is 18.5 Å². The maximum Gasteiger partial charge on any atom is 0.573 e. The van der Waals surface area contributed by atoms with Crippen molar-refractivity contribution in [3.8, 4) is 22.6 Å². The minimum atomic E-state index is -4.73. The first-order chi connectivity index (χ1) is 9.39. The fourth-order valence-corrected chi connectivity index (χ4v) is 1.74. The van der Waals surface area contributed by atoms with Gasteiger partial charge in [-0.05, 0) is 29.8 Å². The van der Waals surface area contributed by atoms with Gasteiger partial charge in [0, 0.05) is 11.6 Å². The first-order valence-electron chi connectivity index (χ1n) is 5.59. The zero-order valence-electron chi connectivity index (χ0n) is 10.4. The van der Waals surface area contributed by atoms with Gasteiger partial charge in [0.25, 0.3) is 0 Å². The van der Waals surface area contributed by atoms with Crippen molar-refractivity contribution in [3.63, 3.8) is 0 Å². The maximum absolute atomic E-state index is 13.1. The second-order valence-electron chi connectivity index (χ2n) is 3.92. The van der Waals surface area contributed by atoms with Crippen molar-refractivity contribution in [2.24, 2.45) is 0 Å². The van der Waals surface area contributed by atoms with Crippen LogP contribution in [0, 0.1) is 5.82 Å². The molecule has 0 saturated carbocycles. The van der Waals surface area contributed by atoms with Crippen LogP contribution in [0.3, 0.4) is 0 Å². The summed E-state index contributed by atoms with van der Waals surface area (Å²) in [7, 11) is 1.39. The molecule has 0 saturated heterocycles. The third-order valence-electron chi connectivity index (χ3n) is 2.56. The quantitative estimate of drug-likeness (QED) is 0.779. The van der Waals surface area contributed by atoms with Gasteiger partial charge in [-0.1, -0.05) is 12.1 Å². The van der Waals surface area contributed by atoms with Crippen molar-refractivity contribution in [2.75, 3.05) is 7.11 Å². The van der Waals surface area contributed by atoms with E-state index in [1.807, 2.05) is 0 Å². The summed E-state index contributed by atoms with van der Waals surface area (Å²) in [4.78, 5) is 0. The average molecular weight is 286 g/mol. The van der Waals surface area contributed by atoms with Gasteiger partial charge in [0.1, 0.15) is 17.3 Å². The largest absolute Gasteiger partial charge is 0.573 e. The van der Waals surface area contributed by atoms with Crippen molar-refractivity contribution in [1.29, 1.82) is 0 Å². The molecule has 0 unspecified atom stereocenters. The lowest BCUT2D eigenvalue weighted by Gasteiger charge is -2.11. The standard InChI is InChI=1S/C14H10F4O2/c1-19-13-8-10(15)4-7-12(13)9-2-5-11(6-3-9)20-14(16,17)18/h2-8H,1H3. The smallest absolute Gasteiger partial charge is 0.496 e. The highest BCUT2D eigenvalue weighted by Gasteiger charge is 2.30. The van der Waals surface area contributed by atoms with Crippen molar-refractivity contribution in [1.82, 2.24) is 0 Å². The molecule has 0 heterocycles. The van der Waals surface area contributed by atoms with Gasteiger partial charge in [0.05, 0.1) is 7.11 Å². The maximum atomic E-state index is 13.1. The zero-order valence-corrected chi connectivity index (χ0v) is 10.4. The van der Waals surface area contributed by atoms with E-state index in [0.29, 0.717) is 16.9 Å². The van der Waals surface area contributed by atoms with Crippen molar-refractivity contribution < 1.29 is 27.0 Å². The second-order valence-corrected chi connectivity index (χ2v) is 3.92. The monoisotopic (exact) mass is 286 g/mol. The molecule has 106 valence electrons. The van der Waals surface area contributed by atoms with Crippen LogP contribution in [-0.4, -0.2) is 13.5 Å². The molecule has 0 aromatic heterocycles. The van der Waals surface area contributed by atoms with Gasteiger partial charge in [0.2, 0.25) is 0 Å². The predicted molar refractivity (Wildman–Crippen MR) is 65.1 cm³/mol. The zero-order chi connectivity index (χ0) is 14.8. The summed E-state index contributed by atoms with van der Waals surface area (Å²) in [6.45, 7) is 0. The Balaban J connectivity index is 2.30. The lowest BCUT2D eigenvalue weighted by molar-refractivity contribution is -0.274. The van der Waals surface area contributed by atoms with Crippen molar-refractivity contribution in [2.45, 2.75) is 6.36 Å². The molecule has 20 heavy (non-hydrogen) atoms. The lowest BCUT2D eigenvalue weighted by Crippen LogP contribution is -2.16. The van der Waals surface area contributed by atoms with Gasteiger partial charge >= 0.3 is 6.36 Å². The van der Waals surface area contributed by atoms with Crippen LogP contribution in [0.15, 0.2) is 42.5 Å². The van der Waals surface area contributed by atoms with Crippen LogP contribution in [0.1, 0.15) is 0 Å². The summed E-state index contributed by atoms with van der Waals surface area (Å²) < 4.78 is 58.0. The number of alkyl halides is 3. The van der Waals surface area contributed by atoms with E-state index in [0.717, 1.165) is 0 Å². The van der Waals surface area contributed by atoms with Crippen LogP contribution in [-0.2, 0) is 0 Å². The highest BCUT2D eigenvalue weighted by molar-refractivity contribution is 5.70. The van der Waals surface area contributed by atoms with Gasteiger partial charge in [-0.3, -0.25) is 0 Å². The predicted octanol–water partition coefficient (Wildman–Crippen LogP) is 4.40. The molecule has 0 N–H and O–H groups in total. The second kappa shape index (κ2) is 5.40. The van der Waals surface area contributed by atoms with E-state index in [2.05, 4.69) is 4.74 Å². The van der Waals surface area contributed by atoms with E-state index in [1.165, 1.54) is 49.6 Å². The van der Waals surface area contributed by atoms with E-state index in [1.54, 1.807) is 0 Å². The van der Waals surface area contributed by atoms with Gasteiger partial charge in [-0.15, -0.1) is 13.2 Å². The first-order valence-corrected chi connectivity index (χ1v) is 5.59. The summed E-state index contributed by atoms with van der Waals surface area (Å²) in [6.07, 6.45) is -4.73. The molecule has 0 aliphatic heterocycles. The molecule has 2 aromatic carbocycles. The number of methoxy groups -OCH3 is 1. The summed E-state index contributed by atoms with van der Waals surface area (Å²) in [5.74, 6) is -0.473. The Morgan fingerprint density at radius 3 is 2.15 bits per heavy atom. The Morgan fingerprint density at radius 2 is 1.60 bits per heavy atom. The SMILES string of the molecule is COc1cc(F)ccc1-c1ccc(OC(F)(F)F)cc1. The number of hydrogen-bond acceptors (Lipinski definition) is 2. The molecular formula is C14H10F4O2. The van der Waals surface area contributed by atoms with Crippen LogP contribution in [0.2, 0.25) is 0 Å². The Kier molecular flexibility index (Phi) is 3.83. The fraction of sp³-hybridized carbons (Fsp3) is 0.143. The number of rotatable bonds is 3. The summed E-state index contributed by atoms with van der Waals surface area (Å²) >= 11 is 0. The van der Waals surface area contributed by atoms with Gasteiger partial charge < -0.3 is 9.47 Å². The van der Waals surface area contributed by atoms with Gasteiger partial charge in [-0.25, -0.2) is 4.39 Å². The van der Waals surface area contributed by atoms with E-state index in [-0.39, 0.29) is 5.75 Å². The van der Waals surface area contributed by atoms with Crippen LogP contribution >= 0.6 is 0 Å². The summed E-state index contributed by atoms with van der Waals surface area (Å²) in [5.41, 5.74) is 1.17. The van der Waals surface area contributed by atoms with Crippen molar-refractivity contribution >= 4 is 0 Å². The van der Waals surface area contributed by atoms with Gasteiger partial charge in [0.15, 0.2) is 0 Å². The molecular weight excluding hydrogens is 276 g/mol. The normalized spacial score (nSPS) is 11.2. The van der Waals surface area contributed by atoms with Gasteiger partial charge in [-0.2, -0.15) is 0 Å². The number of hydrogen-bond donors (Lipinski definition) is 0. The third kappa shape index (κ3) is 3.40. The Bertz CT molecular complexity index is 591. The highest BCUT2D eigenvalue weighted by Crippen LogP contribution is 2.32. The molecule has 0 amide bonds. The minimum Gasteiger partial charge on any atom is -0.496 e. The summed E-state index contributed by atoms with van der Waals surface area (Å²) in [5, 5.41) is 0. The lowest BCUT2D eigenvalue weighted by atomic mass is 10.0. The van der Waals surface area contributed by atoms with Crippen LogP contribution in [0.5, 0.6) is 11.5 Å². The molecule has 0 aliphatic rings. The molecule has 0 radical (unpaired) electrons. The van der Waals surface area contributed by atoms with E-state index in [9.17, 15) is 17.6 Å². The molecule has 2 rings (SSSR count). The minimum absolute atomic E-state index is 0.300. The molecule has 2 aromatic rings. The van der Waals surface area contributed by atoms with Crippen molar-refractivity contribution in [3.05, 3.63) is 48.3 Å². The van der Waals surface area contributed by atoms with E-state index < -0.39 is 12.2 Å². The molecule has 0 atom stereocenters. The molecule has 0 aliphatic carbocycles. The molecule has 6 heteroatoms. The average Bonchev–Trinajstić information content (AvgIpc) is 2.38. The van der Waals surface area contributed by atoms with E-state index in [4.69, 9.17) is 4.74 Å². The molecule has 0 spiro atoms. The van der Waals surface area contributed by atoms with E-state index >= 15 is 0 Å². The van der Waals surface area contributed by atoms with Crippen LogP contribution in [0.25, 0.3) is 11.1 Å². The van der Waals surface area contributed by atoms with Crippen LogP contribution < -0.4 is 9.47 Å². The fourth-order valence-electron chi connectivity index (χ4n) is 1.74. The molecule has 0 bridgehead atoms. The number of benzene rings is 2. The Labute approximate surface area is 112 Å². The summed E-state index contributed by atoms with van der Waals surface area (Å²) in [6, 6.07) is 9.20. The Hall–Kier alpha value is -2.24. The number of ether oxygens (including phenoxy) is 2. The first kappa shape index (κ1) is 14.2. The molecule has 2 nitrogen and oxygen atoms in total. The molecule has 0 fully saturated rings. The Morgan fingerprint density at radius 1 is 0.950 bits per heavy atom. The number of halogens is 4.